The van der Waals surface area contributed by atoms with Crippen LogP contribution in [0.5, 0.6) is 0 Å². The molecule has 5 nitrogen and oxygen atoms in total. The molecular formula is C15H16ClN3O2. The van der Waals surface area contributed by atoms with Gasteiger partial charge in [0.15, 0.2) is 0 Å². The van der Waals surface area contributed by atoms with Crippen LogP contribution in [0.15, 0.2) is 36.5 Å². The molecule has 6 heteroatoms. The summed E-state index contributed by atoms with van der Waals surface area (Å²) in [7, 11) is 3.34. The first kappa shape index (κ1) is 15.3. The van der Waals surface area contributed by atoms with E-state index in [0.29, 0.717) is 28.7 Å². The monoisotopic (exact) mass is 305 g/mol. The normalized spacial score (nSPS) is 10.2. The van der Waals surface area contributed by atoms with Crippen molar-refractivity contribution in [2.75, 3.05) is 24.8 Å². The first-order valence-corrected chi connectivity index (χ1v) is 6.75. The van der Waals surface area contributed by atoms with E-state index in [1.54, 1.807) is 20.2 Å². The highest BCUT2D eigenvalue weighted by Crippen LogP contribution is 2.21. The maximum Gasteiger partial charge on any atom is 0.257 e. The van der Waals surface area contributed by atoms with E-state index >= 15 is 0 Å². The van der Waals surface area contributed by atoms with Crippen LogP contribution in [0, 0.1) is 0 Å². The topological polar surface area (TPSA) is 63.2 Å². The molecule has 2 N–H and O–H groups in total. The Morgan fingerprint density at radius 3 is 2.86 bits per heavy atom. The van der Waals surface area contributed by atoms with E-state index < -0.39 is 0 Å². The molecule has 1 heterocycles. The number of methoxy groups -OCH3 is 1. The third-order valence-electron chi connectivity index (χ3n) is 2.92. The van der Waals surface area contributed by atoms with Crippen molar-refractivity contribution in [2.24, 2.45) is 0 Å². The number of nitrogens with zero attached hydrogens (tertiary/aromatic N) is 1. The van der Waals surface area contributed by atoms with E-state index in [-0.39, 0.29) is 5.91 Å². The highest BCUT2D eigenvalue weighted by Gasteiger charge is 2.13. The second-order valence-corrected chi connectivity index (χ2v) is 4.75. The summed E-state index contributed by atoms with van der Waals surface area (Å²) < 4.78 is 5.12. The summed E-state index contributed by atoms with van der Waals surface area (Å²) in [6, 6.07) is 9.06. The van der Waals surface area contributed by atoms with Crippen molar-refractivity contribution in [1.82, 2.24) is 4.98 Å². The van der Waals surface area contributed by atoms with Crippen LogP contribution in [0.3, 0.4) is 0 Å². The maximum atomic E-state index is 12.4. The van der Waals surface area contributed by atoms with Crippen molar-refractivity contribution in [3.05, 3.63) is 52.7 Å². The molecule has 0 radical (unpaired) electrons. The molecule has 110 valence electrons. The lowest BCUT2D eigenvalue weighted by Gasteiger charge is -2.11. The average Bonchev–Trinajstić information content (AvgIpc) is 2.50. The molecule has 0 aliphatic heterocycles. The van der Waals surface area contributed by atoms with Crippen molar-refractivity contribution in [3.8, 4) is 0 Å². The van der Waals surface area contributed by atoms with Crippen LogP contribution in [-0.4, -0.2) is 25.0 Å². The number of nitrogens with one attached hydrogen (secondary N) is 2. The summed E-state index contributed by atoms with van der Waals surface area (Å²) >= 11 is 6.04. The predicted octanol–water partition coefficient (Wildman–Crippen LogP) is 3.18. The Balaban J connectivity index is 2.26. The van der Waals surface area contributed by atoms with E-state index in [1.807, 2.05) is 24.3 Å². The Morgan fingerprint density at radius 2 is 2.14 bits per heavy atom. The minimum Gasteiger partial charge on any atom is -0.380 e. The molecule has 0 spiro atoms. The number of benzene rings is 1. The number of hydrogen-bond acceptors (Lipinski definition) is 4. The van der Waals surface area contributed by atoms with Gasteiger partial charge in [-0.25, -0.2) is 4.98 Å². The van der Waals surface area contributed by atoms with Crippen LogP contribution in [0.2, 0.25) is 5.02 Å². The first-order chi connectivity index (χ1) is 10.2. The van der Waals surface area contributed by atoms with Gasteiger partial charge in [0, 0.05) is 31.6 Å². The van der Waals surface area contributed by atoms with Gasteiger partial charge in [0.05, 0.1) is 17.2 Å². The Kier molecular flexibility index (Phi) is 5.14. The van der Waals surface area contributed by atoms with Crippen LogP contribution in [0.25, 0.3) is 0 Å². The lowest BCUT2D eigenvalue weighted by molar-refractivity contribution is 0.102. The molecule has 0 unspecified atom stereocenters. The van der Waals surface area contributed by atoms with Gasteiger partial charge in [-0.1, -0.05) is 29.8 Å². The minimum absolute atomic E-state index is 0.289. The minimum atomic E-state index is -0.289. The van der Waals surface area contributed by atoms with E-state index in [4.69, 9.17) is 16.3 Å². The zero-order valence-electron chi connectivity index (χ0n) is 11.8. The fourth-order valence-corrected chi connectivity index (χ4v) is 2.05. The van der Waals surface area contributed by atoms with Crippen LogP contribution in [-0.2, 0) is 11.3 Å². The first-order valence-electron chi connectivity index (χ1n) is 6.37. The van der Waals surface area contributed by atoms with E-state index in [1.165, 1.54) is 6.20 Å². The highest BCUT2D eigenvalue weighted by atomic mass is 35.5. The quantitative estimate of drug-likeness (QED) is 0.890. The van der Waals surface area contributed by atoms with Gasteiger partial charge in [-0.2, -0.15) is 0 Å². The number of hydrogen-bond donors (Lipinski definition) is 2. The fourth-order valence-electron chi connectivity index (χ4n) is 1.86. The molecule has 0 fully saturated rings. The molecule has 0 saturated heterocycles. The third kappa shape index (κ3) is 3.71. The van der Waals surface area contributed by atoms with Gasteiger partial charge < -0.3 is 15.4 Å². The number of ether oxygens (including phenoxy) is 1. The van der Waals surface area contributed by atoms with Gasteiger partial charge in [-0.15, -0.1) is 0 Å². The van der Waals surface area contributed by atoms with Crippen molar-refractivity contribution in [3.63, 3.8) is 0 Å². The number of pyridine rings is 1. The van der Waals surface area contributed by atoms with Crippen molar-refractivity contribution < 1.29 is 9.53 Å². The SMILES string of the molecule is CNc1cc(C(=O)Nc2ccccc2COC)c(Cl)cn1. The van der Waals surface area contributed by atoms with Crippen molar-refractivity contribution in [2.45, 2.75) is 6.61 Å². The van der Waals surface area contributed by atoms with E-state index in [2.05, 4.69) is 15.6 Å². The number of rotatable bonds is 5. The molecule has 1 amide bonds. The smallest absolute Gasteiger partial charge is 0.257 e. The molecule has 1 aromatic carbocycles. The largest absolute Gasteiger partial charge is 0.380 e. The number of amides is 1. The van der Waals surface area contributed by atoms with E-state index in [9.17, 15) is 4.79 Å². The van der Waals surface area contributed by atoms with Gasteiger partial charge in [0.1, 0.15) is 5.82 Å². The molecule has 0 saturated carbocycles. The molecule has 1 aromatic heterocycles. The standard InChI is InChI=1S/C15H16ClN3O2/c1-17-14-7-11(12(16)8-18-14)15(20)19-13-6-4-3-5-10(13)9-21-2/h3-8H,9H2,1-2H3,(H,17,18)(H,19,20). The molecular weight excluding hydrogens is 290 g/mol. The maximum absolute atomic E-state index is 12.4. The Hall–Kier alpha value is -2.11. The fraction of sp³-hybridized carbons (Fsp3) is 0.200. The molecule has 0 atom stereocenters. The third-order valence-corrected chi connectivity index (χ3v) is 3.22. The molecule has 0 aliphatic carbocycles. The zero-order chi connectivity index (χ0) is 15.2. The second-order valence-electron chi connectivity index (χ2n) is 4.34. The molecule has 2 aromatic rings. The number of para-hydroxylation sites is 1. The number of halogens is 1. The van der Waals surface area contributed by atoms with Crippen LogP contribution >= 0.6 is 11.6 Å². The lowest BCUT2D eigenvalue weighted by Crippen LogP contribution is -2.14. The molecule has 2 rings (SSSR count). The molecule has 0 aliphatic rings. The average molecular weight is 306 g/mol. The summed E-state index contributed by atoms with van der Waals surface area (Å²) in [5.41, 5.74) is 1.96. The lowest BCUT2D eigenvalue weighted by atomic mass is 10.1. The Labute approximate surface area is 128 Å². The summed E-state index contributed by atoms with van der Waals surface area (Å²) in [6.07, 6.45) is 1.45. The summed E-state index contributed by atoms with van der Waals surface area (Å²) in [5, 5.41) is 6.02. The number of aromatic nitrogens is 1. The van der Waals surface area contributed by atoms with Crippen molar-refractivity contribution in [1.29, 1.82) is 0 Å². The molecule has 0 bridgehead atoms. The second kappa shape index (κ2) is 7.06. The van der Waals surface area contributed by atoms with Gasteiger partial charge in [-0.05, 0) is 12.1 Å². The van der Waals surface area contributed by atoms with Gasteiger partial charge in [0.2, 0.25) is 0 Å². The molecule has 21 heavy (non-hydrogen) atoms. The van der Waals surface area contributed by atoms with E-state index in [0.717, 1.165) is 5.56 Å². The van der Waals surface area contributed by atoms with Gasteiger partial charge >= 0.3 is 0 Å². The van der Waals surface area contributed by atoms with Gasteiger partial charge in [0.25, 0.3) is 5.91 Å². The zero-order valence-corrected chi connectivity index (χ0v) is 12.6. The highest BCUT2D eigenvalue weighted by molar-refractivity contribution is 6.34. The Morgan fingerprint density at radius 1 is 1.38 bits per heavy atom. The van der Waals surface area contributed by atoms with Gasteiger partial charge in [-0.3, -0.25) is 4.79 Å². The van der Waals surface area contributed by atoms with Crippen molar-refractivity contribution >= 4 is 29.0 Å². The number of anilines is 2. The van der Waals surface area contributed by atoms with Crippen LogP contribution in [0.1, 0.15) is 15.9 Å². The predicted molar refractivity (Wildman–Crippen MR) is 83.9 cm³/mol. The summed E-state index contributed by atoms with van der Waals surface area (Å²) in [6.45, 7) is 0.419. The summed E-state index contributed by atoms with van der Waals surface area (Å²) in [5.74, 6) is 0.289. The summed E-state index contributed by atoms with van der Waals surface area (Å²) in [4.78, 5) is 16.4. The van der Waals surface area contributed by atoms with Crippen LogP contribution < -0.4 is 10.6 Å². The van der Waals surface area contributed by atoms with Crippen LogP contribution in [0.4, 0.5) is 11.5 Å². The number of carbonyl (C=O) groups excluding carboxylic acids is 1. The Bertz CT molecular complexity index is 647. The number of carbonyl (C=O) groups is 1.